The van der Waals surface area contributed by atoms with Crippen LogP contribution in [0.4, 0.5) is 0 Å². The van der Waals surface area contributed by atoms with E-state index in [1.165, 1.54) is 0 Å². The molecule has 1 saturated heterocycles. The Morgan fingerprint density at radius 3 is 2.19 bits per heavy atom. The van der Waals surface area contributed by atoms with Crippen LogP contribution in [0.3, 0.4) is 0 Å². The Morgan fingerprint density at radius 1 is 1.38 bits per heavy atom. The zero-order valence-electron chi connectivity index (χ0n) is 10.4. The Labute approximate surface area is 96.8 Å². The molecule has 5 heteroatoms. The van der Waals surface area contributed by atoms with Gasteiger partial charge in [-0.25, -0.2) is 0 Å². The molecular formula is C11H23NO4. The van der Waals surface area contributed by atoms with Crippen LogP contribution in [-0.4, -0.2) is 41.2 Å². The molecule has 5 nitrogen and oxygen atoms in total. The highest BCUT2D eigenvalue weighted by Gasteiger charge is 2.23. The van der Waals surface area contributed by atoms with Gasteiger partial charge in [0.2, 0.25) is 0 Å². The molecule has 0 saturated carbocycles. The van der Waals surface area contributed by atoms with E-state index in [2.05, 4.69) is 10.1 Å². The summed E-state index contributed by atoms with van der Waals surface area (Å²) < 4.78 is 4.55. The van der Waals surface area contributed by atoms with Crippen LogP contribution in [-0.2, 0) is 9.53 Å². The van der Waals surface area contributed by atoms with Crippen LogP contribution in [0.2, 0.25) is 0 Å². The van der Waals surface area contributed by atoms with Gasteiger partial charge in [-0.05, 0) is 33.1 Å². The first-order chi connectivity index (χ1) is 7.26. The van der Waals surface area contributed by atoms with E-state index in [9.17, 15) is 4.79 Å². The maximum atomic E-state index is 9.60. The number of carbonyl (C=O) groups is 1. The molecule has 3 unspecified atom stereocenters. The first-order valence-corrected chi connectivity index (χ1v) is 5.47. The maximum Gasteiger partial charge on any atom is 0.293 e. The lowest BCUT2D eigenvalue weighted by atomic mass is 9.99. The van der Waals surface area contributed by atoms with Gasteiger partial charge >= 0.3 is 0 Å². The normalized spacial score (nSPS) is 30.0. The van der Waals surface area contributed by atoms with Crippen LogP contribution in [0.1, 0.15) is 34.1 Å². The summed E-state index contributed by atoms with van der Waals surface area (Å²) in [6.45, 7) is 8.77. The third-order valence-corrected chi connectivity index (χ3v) is 2.09. The molecule has 0 aromatic carbocycles. The topological polar surface area (TPSA) is 78.8 Å². The molecule has 0 aromatic rings. The van der Waals surface area contributed by atoms with E-state index >= 15 is 0 Å². The molecule has 1 heterocycles. The molecule has 1 aliphatic rings. The van der Waals surface area contributed by atoms with Crippen LogP contribution in [0, 0.1) is 5.92 Å². The lowest BCUT2D eigenvalue weighted by Crippen LogP contribution is -2.47. The summed E-state index contributed by atoms with van der Waals surface area (Å²) in [5.74, 6) is 0.475. The molecule has 0 bridgehead atoms. The average Bonchev–Trinajstić information content (AvgIpc) is 2.11. The van der Waals surface area contributed by atoms with Gasteiger partial charge in [0.1, 0.15) is 11.8 Å². The van der Waals surface area contributed by atoms with Crippen molar-refractivity contribution >= 4 is 6.47 Å². The molecule has 16 heavy (non-hydrogen) atoms. The summed E-state index contributed by atoms with van der Waals surface area (Å²) in [6.07, 6.45) is -0.580. The summed E-state index contributed by atoms with van der Waals surface area (Å²) in [5, 5.41) is 20.8. The smallest absolute Gasteiger partial charge is 0.293 e. The van der Waals surface area contributed by atoms with Crippen molar-refractivity contribution in [1.29, 1.82) is 0 Å². The number of aliphatic hydroxyl groups excluding tert-OH is 2. The van der Waals surface area contributed by atoms with Crippen molar-refractivity contribution in [2.45, 2.75) is 52.0 Å². The van der Waals surface area contributed by atoms with Crippen molar-refractivity contribution in [1.82, 2.24) is 5.32 Å². The Bertz CT molecular complexity index is 203. The number of carbonyl (C=O) groups excluding carboxylic acids is 1. The number of hydrogen-bond acceptors (Lipinski definition) is 5. The molecule has 1 aliphatic heterocycles. The van der Waals surface area contributed by atoms with Gasteiger partial charge in [0.15, 0.2) is 0 Å². The molecule has 0 spiro atoms. The number of nitrogens with one attached hydrogen (secondary N) is 1. The SMILES string of the molecule is CC(C)(C)OC=O.CC1CNC(O)C(O)C1. The zero-order valence-corrected chi connectivity index (χ0v) is 10.4. The van der Waals surface area contributed by atoms with Gasteiger partial charge in [-0.3, -0.25) is 10.1 Å². The lowest BCUT2D eigenvalue weighted by molar-refractivity contribution is -0.138. The molecule has 0 aromatic heterocycles. The summed E-state index contributed by atoms with van der Waals surface area (Å²) in [6, 6.07) is 0. The van der Waals surface area contributed by atoms with Crippen molar-refractivity contribution in [2.24, 2.45) is 5.92 Å². The van der Waals surface area contributed by atoms with Gasteiger partial charge < -0.3 is 14.9 Å². The fourth-order valence-corrected chi connectivity index (χ4v) is 1.23. The fraction of sp³-hybridized carbons (Fsp3) is 0.909. The highest BCUT2D eigenvalue weighted by molar-refractivity contribution is 5.37. The third kappa shape index (κ3) is 7.62. The Morgan fingerprint density at radius 2 is 1.94 bits per heavy atom. The standard InChI is InChI=1S/C6H13NO2.C5H10O2/c1-4-2-5(8)6(9)7-3-4;1-5(2,3)7-4-6/h4-9H,2-3H2,1H3;4H,1-3H3. The molecule has 0 radical (unpaired) electrons. The number of hydrogen-bond donors (Lipinski definition) is 3. The zero-order chi connectivity index (χ0) is 12.8. The van der Waals surface area contributed by atoms with Crippen LogP contribution in [0.5, 0.6) is 0 Å². The Hall–Kier alpha value is -0.650. The average molecular weight is 233 g/mol. The monoisotopic (exact) mass is 233 g/mol. The van der Waals surface area contributed by atoms with Crippen LogP contribution >= 0.6 is 0 Å². The Balaban J connectivity index is 0.000000293. The minimum absolute atomic E-state index is 0.318. The molecule has 1 fully saturated rings. The highest BCUT2D eigenvalue weighted by atomic mass is 16.5. The van der Waals surface area contributed by atoms with E-state index in [4.69, 9.17) is 10.2 Å². The first kappa shape index (κ1) is 15.3. The predicted octanol–water partition coefficient (Wildman–Crippen LogP) is 0.253. The number of rotatable bonds is 1. The lowest BCUT2D eigenvalue weighted by Gasteiger charge is -2.28. The molecule has 96 valence electrons. The second-order valence-electron chi connectivity index (χ2n) is 5.09. The molecule has 3 atom stereocenters. The van der Waals surface area contributed by atoms with Crippen molar-refractivity contribution in [3.8, 4) is 0 Å². The molecular weight excluding hydrogens is 210 g/mol. The predicted molar refractivity (Wildman–Crippen MR) is 60.7 cm³/mol. The first-order valence-electron chi connectivity index (χ1n) is 5.47. The van der Waals surface area contributed by atoms with E-state index in [0.717, 1.165) is 6.54 Å². The number of aliphatic hydroxyl groups is 2. The molecule has 0 aliphatic carbocycles. The quantitative estimate of drug-likeness (QED) is 0.566. The maximum absolute atomic E-state index is 9.60. The largest absolute Gasteiger partial charge is 0.462 e. The third-order valence-electron chi connectivity index (χ3n) is 2.09. The number of ether oxygens (including phenoxy) is 1. The summed E-state index contributed by atoms with van der Waals surface area (Å²) in [5.41, 5.74) is -0.318. The fourth-order valence-electron chi connectivity index (χ4n) is 1.23. The van der Waals surface area contributed by atoms with E-state index in [0.29, 0.717) is 18.8 Å². The van der Waals surface area contributed by atoms with Gasteiger partial charge in [0.05, 0.1) is 6.10 Å². The molecule has 3 N–H and O–H groups in total. The number of piperidine rings is 1. The summed E-state index contributed by atoms with van der Waals surface area (Å²) in [7, 11) is 0. The molecule has 0 amide bonds. The van der Waals surface area contributed by atoms with Crippen molar-refractivity contribution < 1.29 is 19.7 Å². The summed E-state index contributed by atoms with van der Waals surface area (Å²) >= 11 is 0. The second kappa shape index (κ2) is 6.83. The van der Waals surface area contributed by atoms with Gasteiger partial charge in [-0.1, -0.05) is 6.92 Å². The van der Waals surface area contributed by atoms with Crippen LogP contribution < -0.4 is 5.32 Å². The second-order valence-corrected chi connectivity index (χ2v) is 5.09. The van der Waals surface area contributed by atoms with Crippen molar-refractivity contribution in [3.63, 3.8) is 0 Å². The van der Waals surface area contributed by atoms with Gasteiger partial charge in [0, 0.05) is 6.54 Å². The van der Waals surface area contributed by atoms with E-state index in [-0.39, 0.29) is 5.60 Å². The van der Waals surface area contributed by atoms with Crippen molar-refractivity contribution in [3.05, 3.63) is 0 Å². The van der Waals surface area contributed by atoms with Gasteiger partial charge in [-0.15, -0.1) is 0 Å². The van der Waals surface area contributed by atoms with Crippen LogP contribution in [0.15, 0.2) is 0 Å². The molecule has 1 rings (SSSR count). The minimum Gasteiger partial charge on any atom is -0.462 e. The van der Waals surface area contributed by atoms with E-state index in [1.54, 1.807) is 0 Å². The summed E-state index contributed by atoms with van der Waals surface area (Å²) in [4.78, 5) is 9.60. The van der Waals surface area contributed by atoms with E-state index < -0.39 is 12.3 Å². The van der Waals surface area contributed by atoms with Crippen LogP contribution in [0.25, 0.3) is 0 Å². The van der Waals surface area contributed by atoms with Crippen molar-refractivity contribution in [2.75, 3.05) is 6.54 Å². The Kier molecular flexibility index (Phi) is 6.55. The van der Waals surface area contributed by atoms with E-state index in [1.807, 2.05) is 27.7 Å². The highest BCUT2D eigenvalue weighted by Crippen LogP contribution is 2.11. The van der Waals surface area contributed by atoms with Gasteiger partial charge in [-0.2, -0.15) is 0 Å². The minimum atomic E-state index is -0.707. The van der Waals surface area contributed by atoms with Gasteiger partial charge in [0.25, 0.3) is 6.47 Å².